The first kappa shape index (κ1) is 13.6. The number of carbonyl (C=O) groups is 2. The molecule has 1 unspecified atom stereocenters. The number of benzene rings is 1. The van der Waals surface area contributed by atoms with Gasteiger partial charge in [0.25, 0.3) is 0 Å². The van der Waals surface area contributed by atoms with Crippen LogP contribution in [-0.2, 0) is 16.0 Å². The standard InChI is InChI=1S/C14H15F2NO2/c1-9-8-17(6-5-13(9)18)14(19)7-10-11(15)3-2-4-12(10)16/h2-4,9H,5-8H2,1H3. The molecule has 0 radical (unpaired) electrons. The first-order chi connectivity index (χ1) is 8.99. The average molecular weight is 267 g/mol. The van der Waals surface area contributed by atoms with Crippen molar-refractivity contribution in [2.45, 2.75) is 19.8 Å². The van der Waals surface area contributed by atoms with E-state index >= 15 is 0 Å². The second-order valence-corrected chi connectivity index (χ2v) is 4.83. The molecule has 19 heavy (non-hydrogen) atoms. The van der Waals surface area contributed by atoms with Gasteiger partial charge in [-0.2, -0.15) is 0 Å². The molecule has 0 aromatic heterocycles. The Morgan fingerprint density at radius 3 is 2.58 bits per heavy atom. The van der Waals surface area contributed by atoms with Crippen LogP contribution in [0.1, 0.15) is 18.9 Å². The predicted molar refractivity (Wildman–Crippen MR) is 65.4 cm³/mol. The van der Waals surface area contributed by atoms with Gasteiger partial charge in [-0.3, -0.25) is 9.59 Å². The van der Waals surface area contributed by atoms with Crippen LogP contribution in [0.2, 0.25) is 0 Å². The molecule has 1 heterocycles. The van der Waals surface area contributed by atoms with Crippen molar-refractivity contribution in [3.8, 4) is 0 Å². The molecule has 3 nitrogen and oxygen atoms in total. The molecule has 2 rings (SSSR count). The highest BCUT2D eigenvalue weighted by molar-refractivity contribution is 5.85. The van der Waals surface area contributed by atoms with Crippen molar-refractivity contribution in [1.29, 1.82) is 0 Å². The summed E-state index contributed by atoms with van der Waals surface area (Å²) in [6.07, 6.45) is 0.00603. The van der Waals surface area contributed by atoms with Gasteiger partial charge in [0.2, 0.25) is 5.91 Å². The molecule has 1 amide bonds. The summed E-state index contributed by atoms with van der Waals surface area (Å²) >= 11 is 0. The summed E-state index contributed by atoms with van der Waals surface area (Å²) in [4.78, 5) is 24.9. The van der Waals surface area contributed by atoms with Crippen molar-refractivity contribution in [3.63, 3.8) is 0 Å². The fourth-order valence-electron chi connectivity index (χ4n) is 2.21. The smallest absolute Gasteiger partial charge is 0.227 e. The highest BCUT2D eigenvalue weighted by atomic mass is 19.1. The van der Waals surface area contributed by atoms with Crippen molar-refractivity contribution >= 4 is 11.7 Å². The van der Waals surface area contributed by atoms with Crippen LogP contribution in [0, 0.1) is 17.6 Å². The third-order valence-corrected chi connectivity index (χ3v) is 3.41. The molecule has 1 aliphatic heterocycles. The molecular formula is C14H15F2NO2. The molecule has 1 fully saturated rings. The average Bonchev–Trinajstić information content (AvgIpc) is 2.37. The van der Waals surface area contributed by atoms with E-state index in [1.165, 1.54) is 11.0 Å². The van der Waals surface area contributed by atoms with Crippen LogP contribution in [-0.4, -0.2) is 29.7 Å². The second kappa shape index (κ2) is 5.47. The summed E-state index contributed by atoms with van der Waals surface area (Å²) in [6, 6.07) is 3.53. The Kier molecular flexibility index (Phi) is 3.93. The lowest BCUT2D eigenvalue weighted by Crippen LogP contribution is -2.43. The third-order valence-electron chi connectivity index (χ3n) is 3.41. The fourth-order valence-corrected chi connectivity index (χ4v) is 2.21. The number of halogens is 2. The minimum Gasteiger partial charge on any atom is -0.341 e. The topological polar surface area (TPSA) is 37.4 Å². The minimum atomic E-state index is -0.713. The normalized spacial score (nSPS) is 19.6. The van der Waals surface area contributed by atoms with E-state index in [1.807, 2.05) is 0 Å². The number of carbonyl (C=O) groups excluding carboxylic acids is 2. The molecule has 0 spiro atoms. The molecule has 1 atom stereocenters. The quantitative estimate of drug-likeness (QED) is 0.821. The van der Waals surface area contributed by atoms with Crippen LogP contribution in [0.3, 0.4) is 0 Å². The van der Waals surface area contributed by atoms with E-state index in [2.05, 4.69) is 0 Å². The van der Waals surface area contributed by atoms with Crippen molar-refractivity contribution < 1.29 is 18.4 Å². The van der Waals surface area contributed by atoms with Gasteiger partial charge in [0.1, 0.15) is 17.4 Å². The summed E-state index contributed by atoms with van der Waals surface area (Å²) in [7, 11) is 0. The lowest BCUT2D eigenvalue weighted by Gasteiger charge is -2.30. The molecule has 5 heteroatoms. The van der Waals surface area contributed by atoms with Gasteiger partial charge in [-0.05, 0) is 12.1 Å². The van der Waals surface area contributed by atoms with E-state index in [1.54, 1.807) is 6.92 Å². The van der Waals surface area contributed by atoms with Gasteiger partial charge in [-0.25, -0.2) is 8.78 Å². The van der Waals surface area contributed by atoms with Crippen LogP contribution in [0.5, 0.6) is 0 Å². The van der Waals surface area contributed by atoms with E-state index in [9.17, 15) is 18.4 Å². The maximum absolute atomic E-state index is 13.5. The zero-order chi connectivity index (χ0) is 14.0. The van der Waals surface area contributed by atoms with Gasteiger partial charge in [0.15, 0.2) is 0 Å². The molecule has 1 aromatic carbocycles. The highest BCUT2D eigenvalue weighted by Gasteiger charge is 2.27. The Hall–Kier alpha value is -1.78. The third kappa shape index (κ3) is 2.97. The second-order valence-electron chi connectivity index (χ2n) is 4.83. The SMILES string of the molecule is CC1CN(C(=O)Cc2c(F)cccc2F)CCC1=O. The number of ketones is 1. The number of amides is 1. The molecular weight excluding hydrogens is 252 g/mol. The molecule has 0 bridgehead atoms. The van der Waals surface area contributed by atoms with E-state index in [0.717, 1.165) is 12.1 Å². The van der Waals surface area contributed by atoms with Crippen LogP contribution >= 0.6 is 0 Å². The zero-order valence-corrected chi connectivity index (χ0v) is 10.7. The summed E-state index contributed by atoms with van der Waals surface area (Å²) in [6.45, 7) is 2.41. The number of rotatable bonds is 2. The van der Waals surface area contributed by atoms with Gasteiger partial charge >= 0.3 is 0 Å². The minimum absolute atomic E-state index is 0.126. The Morgan fingerprint density at radius 2 is 2.00 bits per heavy atom. The zero-order valence-electron chi connectivity index (χ0n) is 10.7. The number of hydrogen-bond acceptors (Lipinski definition) is 2. The largest absolute Gasteiger partial charge is 0.341 e. The Labute approximate surface area is 110 Å². The molecule has 0 saturated carbocycles. The maximum Gasteiger partial charge on any atom is 0.227 e. The molecule has 1 aliphatic rings. The van der Waals surface area contributed by atoms with E-state index in [4.69, 9.17) is 0 Å². The lowest BCUT2D eigenvalue weighted by atomic mass is 9.98. The Balaban J connectivity index is 2.07. The molecule has 0 N–H and O–H groups in total. The van der Waals surface area contributed by atoms with E-state index in [-0.39, 0.29) is 29.6 Å². The van der Waals surface area contributed by atoms with Gasteiger partial charge in [-0.1, -0.05) is 13.0 Å². The Morgan fingerprint density at radius 1 is 1.37 bits per heavy atom. The van der Waals surface area contributed by atoms with E-state index in [0.29, 0.717) is 19.5 Å². The van der Waals surface area contributed by atoms with Gasteiger partial charge in [-0.15, -0.1) is 0 Å². The van der Waals surface area contributed by atoms with Crippen LogP contribution < -0.4 is 0 Å². The molecule has 102 valence electrons. The van der Waals surface area contributed by atoms with Crippen molar-refractivity contribution in [2.75, 3.05) is 13.1 Å². The number of likely N-dealkylation sites (tertiary alicyclic amines) is 1. The van der Waals surface area contributed by atoms with E-state index < -0.39 is 11.6 Å². The van der Waals surface area contributed by atoms with Gasteiger partial charge in [0, 0.05) is 31.0 Å². The Bertz CT molecular complexity index is 496. The lowest BCUT2D eigenvalue weighted by molar-refractivity contribution is -0.136. The monoisotopic (exact) mass is 267 g/mol. The van der Waals surface area contributed by atoms with Gasteiger partial charge < -0.3 is 4.90 Å². The number of piperidine rings is 1. The first-order valence-electron chi connectivity index (χ1n) is 6.22. The van der Waals surface area contributed by atoms with Crippen LogP contribution in [0.15, 0.2) is 18.2 Å². The predicted octanol–water partition coefficient (Wildman–Crippen LogP) is 1.94. The summed E-state index contributed by atoms with van der Waals surface area (Å²) in [5, 5.41) is 0. The maximum atomic E-state index is 13.5. The van der Waals surface area contributed by atoms with Crippen molar-refractivity contribution in [3.05, 3.63) is 35.4 Å². The molecule has 0 aliphatic carbocycles. The first-order valence-corrected chi connectivity index (χ1v) is 6.22. The number of hydrogen-bond donors (Lipinski definition) is 0. The summed E-state index contributed by atoms with van der Waals surface area (Å²) < 4.78 is 26.9. The fraction of sp³-hybridized carbons (Fsp3) is 0.429. The van der Waals surface area contributed by atoms with Crippen molar-refractivity contribution in [2.24, 2.45) is 5.92 Å². The number of nitrogens with zero attached hydrogens (tertiary/aromatic N) is 1. The summed E-state index contributed by atoms with van der Waals surface area (Å²) in [5.74, 6) is -1.85. The summed E-state index contributed by atoms with van der Waals surface area (Å²) in [5.41, 5.74) is -0.211. The molecule has 1 saturated heterocycles. The highest BCUT2D eigenvalue weighted by Crippen LogP contribution is 2.17. The van der Waals surface area contributed by atoms with Crippen LogP contribution in [0.25, 0.3) is 0 Å². The van der Waals surface area contributed by atoms with Crippen molar-refractivity contribution in [1.82, 2.24) is 4.90 Å². The van der Waals surface area contributed by atoms with Gasteiger partial charge in [0.05, 0.1) is 6.42 Å². The molecule has 1 aromatic rings. The van der Waals surface area contributed by atoms with Crippen LogP contribution in [0.4, 0.5) is 8.78 Å². The number of Topliss-reactive ketones (excluding diaryl/α,β-unsaturated/α-hetero) is 1.